The van der Waals surface area contributed by atoms with Crippen molar-refractivity contribution in [2.45, 2.75) is 17.1 Å². The van der Waals surface area contributed by atoms with Crippen molar-refractivity contribution >= 4 is 46.9 Å². The molecule has 0 saturated heterocycles. The number of hydrogen-bond donors (Lipinski definition) is 3. The standard InChI is InChI=1S/C40H37N3O6S/c1-4-49-31-20-18-27(19-21-31)24-35(43-38(44)29-14-9-6-10-15-29)39(45)41-30-16-11-17-33(25-30)50-37(28-12-7-5-8-13-28)40(46)42-34-26-32(47-2)22-23-36(34)48-3/h5-26,37H,4H2,1-3H3,(H,41,45)(H,42,46)(H,43,44)/b35-24+. The first kappa shape index (κ1) is 35.3. The SMILES string of the molecule is CCOc1ccc(/C=C(/NC(=O)c2ccccc2)C(=O)Nc2cccc(SC(C(=O)Nc3cc(OC)ccc3OC)c3ccccc3)c2)cc1. The van der Waals surface area contributed by atoms with Gasteiger partial charge in [0.25, 0.3) is 11.8 Å². The third kappa shape index (κ3) is 9.55. The predicted molar refractivity (Wildman–Crippen MR) is 198 cm³/mol. The highest BCUT2D eigenvalue weighted by atomic mass is 32.2. The molecule has 0 aliphatic carbocycles. The van der Waals surface area contributed by atoms with Gasteiger partial charge >= 0.3 is 0 Å². The molecule has 1 atom stereocenters. The minimum Gasteiger partial charge on any atom is -0.497 e. The Hall–Kier alpha value is -6.00. The number of methoxy groups -OCH3 is 2. The Morgan fingerprint density at radius 3 is 2.12 bits per heavy atom. The fraction of sp³-hybridized carbons (Fsp3) is 0.125. The van der Waals surface area contributed by atoms with E-state index in [0.717, 1.165) is 10.5 Å². The second kappa shape index (κ2) is 17.4. The lowest BCUT2D eigenvalue weighted by atomic mass is 10.1. The van der Waals surface area contributed by atoms with Gasteiger partial charge in [0.2, 0.25) is 5.91 Å². The van der Waals surface area contributed by atoms with Gasteiger partial charge in [-0.1, -0.05) is 66.7 Å². The molecule has 3 amide bonds. The Morgan fingerprint density at radius 2 is 1.44 bits per heavy atom. The van der Waals surface area contributed by atoms with Crippen LogP contribution in [0.5, 0.6) is 17.2 Å². The Kier molecular flexibility index (Phi) is 12.3. The summed E-state index contributed by atoms with van der Waals surface area (Å²) in [5, 5.41) is 8.01. The number of thioether (sulfide) groups is 1. The van der Waals surface area contributed by atoms with Crippen LogP contribution in [0.15, 0.2) is 138 Å². The maximum Gasteiger partial charge on any atom is 0.272 e. The maximum absolute atomic E-state index is 13.8. The van der Waals surface area contributed by atoms with Gasteiger partial charge in [-0.05, 0) is 78.7 Å². The topological polar surface area (TPSA) is 115 Å². The highest BCUT2D eigenvalue weighted by molar-refractivity contribution is 8.00. The molecule has 5 rings (SSSR count). The van der Waals surface area contributed by atoms with Crippen molar-refractivity contribution in [2.75, 3.05) is 31.5 Å². The van der Waals surface area contributed by atoms with Crippen LogP contribution in [-0.2, 0) is 9.59 Å². The molecule has 0 fully saturated rings. The summed E-state index contributed by atoms with van der Waals surface area (Å²) in [6, 6.07) is 37.7. The number of nitrogens with one attached hydrogen (secondary N) is 3. The van der Waals surface area contributed by atoms with Crippen LogP contribution in [0, 0.1) is 0 Å². The summed E-state index contributed by atoms with van der Waals surface area (Å²) in [7, 11) is 3.09. The molecule has 5 aromatic rings. The van der Waals surface area contributed by atoms with Gasteiger partial charge in [-0.2, -0.15) is 0 Å². The Morgan fingerprint density at radius 1 is 0.740 bits per heavy atom. The molecule has 1 unspecified atom stereocenters. The number of benzene rings is 5. The van der Waals surface area contributed by atoms with Gasteiger partial charge in [-0.3, -0.25) is 14.4 Å². The Bertz CT molecular complexity index is 1950. The maximum atomic E-state index is 13.8. The fourth-order valence-corrected chi connectivity index (χ4v) is 6.01. The summed E-state index contributed by atoms with van der Waals surface area (Å²) >= 11 is 1.33. The van der Waals surface area contributed by atoms with E-state index in [2.05, 4.69) is 16.0 Å². The number of anilines is 2. The normalized spacial score (nSPS) is 11.5. The highest BCUT2D eigenvalue weighted by Gasteiger charge is 2.24. The molecule has 0 bridgehead atoms. The summed E-state index contributed by atoms with van der Waals surface area (Å²) in [4.78, 5) is 41.4. The van der Waals surface area contributed by atoms with Gasteiger partial charge in [-0.15, -0.1) is 11.8 Å². The fourth-order valence-electron chi connectivity index (χ4n) is 4.93. The molecule has 50 heavy (non-hydrogen) atoms. The van der Waals surface area contributed by atoms with Crippen LogP contribution in [0.25, 0.3) is 6.08 Å². The first-order valence-corrected chi connectivity index (χ1v) is 16.7. The molecular weight excluding hydrogens is 651 g/mol. The molecule has 254 valence electrons. The van der Waals surface area contributed by atoms with Crippen molar-refractivity contribution in [3.05, 3.63) is 150 Å². The van der Waals surface area contributed by atoms with E-state index in [1.165, 1.54) is 18.9 Å². The lowest BCUT2D eigenvalue weighted by Gasteiger charge is -2.19. The molecule has 0 saturated carbocycles. The molecule has 9 nitrogen and oxygen atoms in total. The van der Waals surface area contributed by atoms with E-state index in [1.807, 2.05) is 49.4 Å². The zero-order chi connectivity index (χ0) is 35.3. The van der Waals surface area contributed by atoms with Crippen LogP contribution in [0.3, 0.4) is 0 Å². The molecule has 0 aromatic heterocycles. The molecule has 0 spiro atoms. The molecule has 0 aliphatic rings. The molecule has 0 heterocycles. The average molecular weight is 688 g/mol. The Balaban J connectivity index is 1.39. The minimum atomic E-state index is -0.654. The molecule has 10 heteroatoms. The second-order valence-corrected chi connectivity index (χ2v) is 12.0. The molecular formula is C40H37N3O6S. The van der Waals surface area contributed by atoms with Crippen LogP contribution in [0.1, 0.15) is 33.7 Å². The highest BCUT2D eigenvalue weighted by Crippen LogP contribution is 2.38. The molecule has 5 aromatic carbocycles. The van der Waals surface area contributed by atoms with Crippen LogP contribution in [0.2, 0.25) is 0 Å². The van der Waals surface area contributed by atoms with Crippen molar-refractivity contribution < 1.29 is 28.6 Å². The minimum absolute atomic E-state index is 0.0508. The van der Waals surface area contributed by atoms with Gasteiger partial charge in [0.05, 0.1) is 26.5 Å². The van der Waals surface area contributed by atoms with Gasteiger partial charge < -0.3 is 30.2 Å². The smallest absolute Gasteiger partial charge is 0.272 e. The lowest BCUT2D eigenvalue weighted by Crippen LogP contribution is -2.30. The number of rotatable bonds is 14. The van der Waals surface area contributed by atoms with E-state index in [9.17, 15) is 14.4 Å². The average Bonchev–Trinajstić information content (AvgIpc) is 3.15. The number of hydrogen-bond acceptors (Lipinski definition) is 7. The third-order valence-corrected chi connectivity index (χ3v) is 8.63. The van der Waals surface area contributed by atoms with Crippen molar-refractivity contribution in [2.24, 2.45) is 0 Å². The number of amides is 3. The monoisotopic (exact) mass is 687 g/mol. The first-order chi connectivity index (χ1) is 24.4. The van der Waals surface area contributed by atoms with Gasteiger partial charge in [-0.25, -0.2) is 0 Å². The van der Waals surface area contributed by atoms with Crippen molar-refractivity contribution in [3.8, 4) is 17.2 Å². The van der Waals surface area contributed by atoms with E-state index in [1.54, 1.807) is 98.1 Å². The van der Waals surface area contributed by atoms with E-state index in [4.69, 9.17) is 14.2 Å². The zero-order valence-corrected chi connectivity index (χ0v) is 28.7. The van der Waals surface area contributed by atoms with Gasteiger partial charge in [0, 0.05) is 22.2 Å². The van der Waals surface area contributed by atoms with Crippen molar-refractivity contribution in [3.63, 3.8) is 0 Å². The van der Waals surface area contributed by atoms with E-state index in [-0.39, 0.29) is 11.6 Å². The number of ether oxygens (including phenoxy) is 3. The van der Waals surface area contributed by atoms with E-state index in [0.29, 0.717) is 46.4 Å². The molecule has 3 N–H and O–H groups in total. The zero-order valence-electron chi connectivity index (χ0n) is 27.8. The van der Waals surface area contributed by atoms with Crippen LogP contribution < -0.4 is 30.2 Å². The summed E-state index contributed by atoms with van der Waals surface area (Å²) in [6.45, 7) is 2.43. The van der Waals surface area contributed by atoms with E-state index >= 15 is 0 Å². The quantitative estimate of drug-likeness (QED) is 0.0801. The lowest BCUT2D eigenvalue weighted by molar-refractivity contribution is -0.116. The van der Waals surface area contributed by atoms with Gasteiger partial charge in [0.1, 0.15) is 28.2 Å². The summed E-state index contributed by atoms with van der Waals surface area (Å²) in [5.74, 6) is 0.549. The first-order valence-electron chi connectivity index (χ1n) is 15.8. The molecule has 0 aliphatic heterocycles. The predicted octanol–water partition coefficient (Wildman–Crippen LogP) is 7.98. The number of carbonyl (C=O) groups excluding carboxylic acids is 3. The van der Waals surface area contributed by atoms with Crippen molar-refractivity contribution in [1.82, 2.24) is 5.32 Å². The summed E-state index contributed by atoms with van der Waals surface area (Å²) < 4.78 is 16.4. The van der Waals surface area contributed by atoms with Crippen molar-refractivity contribution in [1.29, 1.82) is 0 Å². The third-order valence-electron chi connectivity index (χ3n) is 7.38. The second-order valence-electron chi connectivity index (χ2n) is 10.8. The molecule has 0 radical (unpaired) electrons. The summed E-state index contributed by atoms with van der Waals surface area (Å²) in [5.41, 5.74) is 2.90. The van der Waals surface area contributed by atoms with Crippen LogP contribution >= 0.6 is 11.8 Å². The summed E-state index contributed by atoms with van der Waals surface area (Å²) in [6.07, 6.45) is 1.60. The van der Waals surface area contributed by atoms with Crippen LogP contribution in [0.4, 0.5) is 11.4 Å². The van der Waals surface area contributed by atoms with Gasteiger partial charge in [0.15, 0.2) is 0 Å². The van der Waals surface area contributed by atoms with Crippen LogP contribution in [-0.4, -0.2) is 38.5 Å². The Labute approximate surface area is 295 Å². The van der Waals surface area contributed by atoms with E-state index < -0.39 is 17.1 Å². The number of carbonyl (C=O) groups is 3. The largest absolute Gasteiger partial charge is 0.497 e.